The van der Waals surface area contributed by atoms with Crippen LogP contribution in [0.1, 0.15) is 43.0 Å². The summed E-state index contributed by atoms with van der Waals surface area (Å²) >= 11 is 0. The Morgan fingerprint density at radius 3 is 2.44 bits per heavy atom. The maximum absolute atomic E-state index is 12.2. The Morgan fingerprint density at radius 1 is 1.04 bits per heavy atom. The molecule has 1 atom stereocenters. The second-order valence-corrected chi connectivity index (χ2v) is 6.36. The molecule has 25 heavy (non-hydrogen) atoms. The van der Waals surface area contributed by atoms with Crippen molar-refractivity contribution >= 4 is 5.91 Å². The number of amides is 1. The highest BCUT2D eigenvalue weighted by Gasteiger charge is 2.13. The minimum atomic E-state index is 0.0127. The van der Waals surface area contributed by atoms with Crippen molar-refractivity contribution in [1.82, 2.24) is 5.32 Å². The van der Waals surface area contributed by atoms with E-state index in [1.54, 1.807) is 0 Å². The molecule has 0 saturated heterocycles. The summed E-state index contributed by atoms with van der Waals surface area (Å²) in [5.74, 6) is 1.61. The molecule has 0 radical (unpaired) electrons. The van der Waals surface area contributed by atoms with Gasteiger partial charge in [0.25, 0.3) is 0 Å². The Kier molecular flexibility index (Phi) is 5.59. The van der Waals surface area contributed by atoms with Gasteiger partial charge in [-0.3, -0.25) is 4.79 Å². The van der Waals surface area contributed by atoms with Gasteiger partial charge in [0.05, 0.1) is 6.04 Å². The summed E-state index contributed by atoms with van der Waals surface area (Å²) in [6.45, 7) is 5.32. The minimum absolute atomic E-state index is 0.0127. The zero-order chi connectivity index (χ0) is 17.6. The van der Waals surface area contributed by atoms with Crippen LogP contribution in [0.2, 0.25) is 0 Å². The van der Waals surface area contributed by atoms with Gasteiger partial charge in [-0.15, -0.1) is 0 Å². The van der Waals surface area contributed by atoms with Crippen molar-refractivity contribution in [1.29, 1.82) is 0 Å². The lowest BCUT2D eigenvalue weighted by Crippen LogP contribution is -2.26. The highest BCUT2D eigenvalue weighted by atomic mass is 16.6. The molecule has 1 amide bonds. The molecule has 0 saturated carbocycles. The Labute approximate surface area is 149 Å². The molecule has 2 aromatic rings. The Morgan fingerprint density at radius 2 is 1.72 bits per heavy atom. The molecule has 4 heteroatoms. The fourth-order valence-electron chi connectivity index (χ4n) is 2.94. The first-order valence-electron chi connectivity index (χ1n) is 8.92. The van der Waals surface area contributed by atoms with Crippen molar-refractivity contribution in [3.05, 3.63) is 59.2 Å². The van der Waals surface area contributed by atoms with Crippen LogP contribution < -0.4 is 14.8 Å². The molecular formula is C21H25NO3. The third-order valence-electron chi connectivity index (χ3n) is 4.51. The molecule has 2 aromatic carbocycles. The molecule has 0 fully saturated rings. The second kappa shape index (κ2) is 8.06. The SMILES string of the molecule is CCc1ccc(C(C)NC(=O)CCc2ccc3c(c2)OCCO3)cc1. The third kappa shape index (κ3) is 4.53. The third-order valence-corrected chi connectivity index (χ3v) is 4.51. The second-order valence-electron chi connectivity index (χ2n) is 6.36. The monoisotopic (exact) mass is 339 g/mol. The molecule has 4 nitrogen and oxygen atoms in total. The number of nitrogens with one attached hydrogen (secondary N) is 1. The summed E-state index contributed by atoms with van der Waals surface area (Å²) in [7, 11) is 0. The van der Waals surface area contributed by atoms with Crippen LogP contribution in [0, 0.1) is 0 Å². The maximum atomic E-state index is 12.2. The van der Waals surface area contributed by atoms with Crippen LogP contribution in [-0.4, -0.2) is 19.1 Å². The highest BCUT2D eigenvalue weighted by Crippen LogP contribution is 2.31. The molecule has 1 unspecified atom stereocenters. The molecule has 1 heterocycles. The zero-order valence-electron chi connectivity index (χ0n) is 14.9. The lowest BCUT2D eigenvalue weighted by molar-refractivity contribution is -0.121. The van der Waals surface area contributed by atoms with Crippen molar-refractivity contribution in [3.8, 4) is 11.5 Å². The molecule has 1 aliphatic heterocycles. The number of fused-ring (bicyclic) bond motifs is 1. The number of carbonyl (C=O) groups is 1. The van der Waals surface area contributed by atoms with Gasteiger partial charge in [0.15, 0.2) is 11.5 Å². The van der Waals surface area contributed by atoms with E-state index in [0.717, 1.165) is 29.0 Å². The number of ether oxygens (including phenoxy) is 2. The number of benzene rings is 2. The summed E-state index contributed by atoms with van der Waals surface area (Å²) in [4.78, 5) is 12.2. The number of hydrogen-bond acceptors (Lipinski definition) is 3. The summed E-state index contributed by atoms with van der Waals surface area (Å²) in [5.41, 5.74) is 3.52. The van der Waals surface area contributed by atoms with Gasteiger partial charge in [0.2, 0.25) is 5.91 Å². The van der Waals surface area contributed by atoms with E-state index >= 15 is 0 Å². The standard InChI is InChI=1S/C21H25NO3/c1-3-16-4-8-18(9-5-16)15(2)22-21(23)11-7-17-6-10-19-20(14-17)25-13-12-24-19/h4-6,8-10,14-15H,3,7,11-13H2,1-2H3,(H,22,23). The summed E-state index contributed by atoms with van der Waals surface area (Å²) in [6, 6.07) is 14.3. The van der Waals surface area contributed by atoms with Crippen molar-refractivity contribution < 1.29 is 14.3 Å². The predicted molar refractivity (Wildman–Crippen MR) is 98.1 cm³/mol. The largest absolute Gasteiger partial charge is 0.486 e. The van der Waals surface area contributed by atoms with E-state index in [2.05, 4.69) is 36.5 Å². The van der Waals surface area contributed by atoms with Gasteiger partial charge in [0.1, 0.15) is 13.2 Å². The number of hydrogen-bond donors (Lipinski definition) is 1. The van der Waals surface area contributed by atoms with Crippen LogP contribution in [0.3, 0.4) is 0 Å². The van der Waals surface area contributed by atoms with E-state index in [4.69, 9.17) is 9.47 Å². The van der Waals surface area contributed by atoms with Crippen molar-refractivity contribution in [2.24, 2.45) is 0 Å². The van der Waals surface area contributed by atoms with E-state index in [1.807, 2.05) is 25.1 Å². The molecule has 1 N–H and O–H groups in total. The predicted octanol–water partition coefficient (Wildman–Crippen LogP) is 3.83. The van der Waals surface area contributed by atoms with Crippen LogP contribution >= 0.6 is 0 Å². The highest BCUT2D eigenvalue weighted by molar-refractivity contribution is 5.76. The van der Waals surface area contributed by atoms with Crippen LogP contribution in [0.5, 0.6) is 11.5 Å². The van der Waals surface area contributed by atoms with Crippen LogP contribution in [0.15, 0.2) is 42.5 Å². The first-order chi connectivity index (χ1) is 12.2. The summed E-state index contributed by atoms with van der Waals surface area (Å²) in [6.07, 6.45) is 2.16. The average Bonchev–Trinajstić information content (AvgIpc) is 2.66. The Bertz CT molecular complexity index is 724. The number of aryl methyl sites for hydroxylation is 2. The van der Waals surface area contributed by atoms with Gasteiger partial charge < -0.3 is 14.8 Å². The Hall–Kier alpha value is -2.49. The maximum Gasteiger partial charge on any atom is 0.220 e. The summed E-state index contributed by atoms with van der Waals surface area (Å²) in [5, 5.41) is 3.07. The van der Waals surface area contributed by atoms with Crippen LogP contribution in [-0.2, 0) is 17.6 Å². The van der Waals surface area contributed by atoms with Crippen LogP contribution in [0.4, 0.5) is 0 Å². The molecule has 0 bridgehead atoms. The first kappa shape index (κ1) is 17.3. The van der Waals surface area contributed by atoms with Gasteiger partial charge in [0, 0.05) is 6.42 Å². The average molecular weight is 339 g/mol. The Balaban J connectivity index is 1.52. The van der Waals surface area contributed by atoms with Gasteiger partial charge in [-0.05, 0) is 48.6 Å². The van der Waals surface area contributed by atoms with Crippen molar-refractivity contribution in [3.63, 3.8) is 0 Å². The fraction of sp³-hybridized carbons (Fsp3) is 0.381. The van der Waals surface area contributed by atoms with Gasteiger partial charge in [-0.1, -0.05) is 37.3 Å². The van der Waals surface area contributed by atoms with E-state index in [-0.39, 0.29) is 11.9 Å². The van der Waals surface area contributed by atoms with E-state index < -0.39 is 0 Å². The minimum Gasteiger partial charge on any atom is -0.486 e. The van der Waals surface area contributed by atoms with E-state index in [9.17, 15) is 4.79 Å². The van der Waals surface area contributed by atoms with E-state index in [0.29, 0.717) is 26.1 Å². The van der Waals surface area contributed by atoms with Crippen molar-refractivity contribution in [2.75, 3.05) is 13.2 Å². The van der Waals surface area contributed by atoms with Crippen molar-refractivity contribution in [2.45, 2.75) is 39.2 Å². The molecule has 0 aromatic heterocycles. The number of carbonyl (C=O) groups excluding carboxylic acids is 1. The van der Waals surface area contributed by atoms with E-state index in [1.165, 1.54) is 5.56 Å². The molecule has 0 spiro atoms. The normalized spacial score (nSPS) is 14.0. The molecule has 0 aliphatic carbocycles. The molecule has 132 valence electrons. The van der Waals surface area contributed by atoms with Gasteiger partial charge in [-0.2, -0.15) is 0 Å². The fourth-order valence-corrected chi connectivity index (χ4v) is 2.94. The molecule has 3 rings (SSSR count). The summed E-state index contributed by atoms with van der Waals surface area (Å²) < 4.78 is 11.1. The zero-order valence-corrected chi connectivity index (χ0v) is 14.9. The van der Waals surface area contributed by atoms with Crippen LogP contribution in [0.25, 0.3) is 0 Å². The lowest BCUT2D eigenvalue weighted by atomic mass is 10.0. The first-order valence-corrected chi connectivity index (χ1v) is 8.92. The number of rotatable bonds is 6. The van der Waals surface area contributed by atoms with Gasteiger partial charge >= 0.3 is 0 Å². The topological polar surface area (TPSA) is 47.6 Å². The van der Waals surface area contributed by atoms with Gasteiger partial charge in [-0.25, -0.2) is 0 Å². The molecular weight excluding hydrogens is 314 g/mol. The smallest absolute Gasteiger partial charge is 0.220 e. The lowest BCUT2D eigenvalue weighted by Gasteiger charge is -2.19. The quantitative estimate of drug-likeness (QED) is 0.870. The molecule has 1 aliphatic rings.